The summed E-state index contributed by atoms with van der Waals surface area (Å²) in [5.41, 5.74) is 0. The van der Waals surface area contributed by atoms with E-state index in [2.05, 4.69) is 9.47 Å². The maximum absolute atomic E-state index is 11.3. The lowest BCUT2D eigenvalue weighted by atomic mass is 9.90. The van der Waals surface area contributed by atoms with E-state index in [9.17, 15) is 19.2 Å². The molecule has 4 atom stereocenters. The van der Waals surface area contributed by atoms with Gasteiger partial charge in [-0.3, -0.25) is 19.2 Å². The van der Waals surface area contributed by atoms with Crippen molar-refractivity contribution in [3.05, 3.63) is 0 Å². The molecule has 1 saturated carbocycles. The fourth-order valence-electron chi connectivity index (χ4n) is 2.66. The van der Waals surface area contributed by atoms with Crippen LogP contribution in [0.4, 0.5) is 0 Å². The quantitative estimate of drug-likeness (QED) is 0.377. The minimum Gasteiger partial charge on any atom is -0.393 e. The molecule has 2 aliphatic heterocycles. The fourth-order valence-corrected chi connectivity index (χ4v) is 2.66. The second kappa shape index (κ2) is 2.44. The molecular weight excluding hydrogens is 204 g/mol. The Balaban J connectivity index is 2.03. The molecular formula is C9H6O6. The van der Waals surface area contributed by atoms with Crippen LogP contribution in [0.3, 0.4) is 0 Å². The highest BCUT2D eigenvalue weighted by Crippen LogP contribution is 2.49. The van der Waals surface area contributed by atoms with Gasteiger partial charge in [0, 0.05) is 0 Å². The number of hydrogen-bond acceptors (Lipinski definition) is 6. The van der Waals surface area contributed by atoms with Gasteiger partial charge in [-0.1, -0.05) is 0 Å². The second-order valence-corrected chi connectivity index (χ2v) is 3.98. The van der Waals surface area contributed by atoms with Crippen LogP contribution in [0.25, 0.3) is 0 Å². The van der Waals surface area contributed by atoms with E-state index in [0.29, 0.717) is 0 Å². The Bertz CT molecular complexity index is 373. The van der Waals surface area contributed by atoms with Crippen LogP contribution < -0.4 is 0 Å². The van der Waals surface area contributed by atoms with Crippen molar-refractivity contribution in [2.24, 2.45) is 23.7 Å². The first kappa shape index (κ1) is 8.58. The third kappa shape index (κ3) is 0.886. The Morgan fingerprint density at radius 2 is 1.13 bits per heavy atom. The molecule has 0 aromatic rings. The van der Waals surface area contributed by atoms with E-state index in [1.807, 2.05) is 0 Å². The number of carbonyl (C=O) groups excluding carboxylic acids is 4. The molecule has 3 fully saturated rings. The third-order valence-electron chi connectivity index (χ3n) is 3.31. The number of fused-ring (bicyclic) bond motifs is 3. The van der Waals surface area contributed by atoms with Crippen molar-refractivity contribution in [3.8, 4) is 0 Å². The van der Waals surface area contributed by atoms with Gasteiger partial charge in [-0.05, 0) is 6.42 Å². The van der Waals surface area contributed by atoms with Crippen molar-refractivity contribution in [1.82, 2.24) is 0 Å². The number of rotatable bonds is 0. The fraction of sp³-hybridized carbons (Fsp3) is 0.556. The molecule has 0 aromatic carbocycles. The van der Waals surface area contributed by atoms with E-state index < -0.39 is 47.5 Å². The van der Waals surface area contributed by atoms with Gasteiger partial charge in [0.1, 0.15) is 0 Å². The molecule has 0 N–H and O–H groups in total. The third-order valence-corrected chi connectivity index (χ3v) is 3.31. The topological polar surface area (TPSA) is 86.7 Å². The summed E-state index contributed by atoms with van der Waals surface area (Å²) in [4.78, 5) is 45.0. The molecule has 6 heteroatoms. The Morgan fingerprint density at radius 1 is 0.733 bits per heavy atom. The molecule has 3 aliphatic rings. The van der Waals surface area contributed by atoms with Gasteiger partial charge in [-0.2, -0.15) is 0 Å². The van der Waals surface area contributed by atoms with Crippen LogP contribution in [0.1, 0.15) is 6.42 Å². The molecule has 78 valence electrons. The molecule has 0 amide bonds. The number of cyclic esters (lactones) is 4. The molecule has 1 aliphatic carbocycles. The Hall–Kier alpha value is -1.72. The first-order chi connectivity index (χ1) is 7.09. The zero-order valence-electron chi connectivity index (χ0n) is 7.47. The van der Waals surface area contributed by atoms with Crippen molar-refractivity contribution in [2.75, 3.05) is 0 Å². The van der Waals surface area contributed by atoms with Crippen LogP contribution >= 0.6 is 0 Å². The van der Waals surface area contributed by atoms with E-state index in [0.717, 1.165) is 0 Å². The van der Waals surface area contributed by atoms with Crippen LogP contribution in [0.15, 0.2) is 0 Å². The van der Waals surface area contributed by atoms with Gasteiger partial charge in [0.15, 0.2) is 0 Å². The van der Waals surface area contributed by atoms with Crippen molar-refractivity contribution in [2.45, 2.75) is 6.42 Å². The molecule has 3 rings (SSSR count). The average Bonchev–Trinajstić information content (AvgIpc) is 2.72. The van der Waals surface area contributed by atoms with E-state index in [1.165, 1.54) is 0 Å². The van der Waals surface area contributed by atoms with E-state index >= 15 is 0 Å². The molecule has 0 unspecified atom stereocenters. The molecule has 15 heavy (non-hydrogen) atoms. The Labute approximate surface area is 83.5 Å². The lowest BCUT2D eigenvalue weighted by molar-refractivity contribution is -0.158. The second-order valence-electron chi connectivity index (χ2n) is 3.98. The van der Waals surface area contributed by atoms with Gasteiger partial charge in [0.05, 0.1) is 23.7 Å². The predicted octanol–water partition coefficient (Wildman–Crippen LogP) is -0.978. The lowest BCUT2D eigenvalue weighted by Crippen LogP contribution is -2.24. The monoisotopic (exact) mass is 210 g/mol. The summed E-state index contributed by atoms with van der Waals surface area (Å²) in [6.07, 6.45) is 0.185. The van der Waals surface area contributed by atoms with Gasteiger partial charge in [0.2, 0.25) is 0 Å². The largest absolute Gasteiger partial charge is 0.393 e. The zero-order valence-corrected chi connectivity index (χ0v) is 7.47. The van der Waals surface area contributed by atoms with Crippen LogP contribution in [-0.2, 0) is 28.7 Å². The minimum absolute atomic E-state index is 0.185. The molecule has 2 heterocycles. The van der Waals surface area contributed by atoms with E-state index in [-0.39, 0.29) is 6.42 Å². The van der Waals surface area contributed by atoms with Gasteiger partial charge >= 0.3 is 23.9 Å². The summed E-state index contributed by atoms with van der Waals surface area (Å²) >= 11 is 0. The smallest absolute Gasteiger partial charge is 0.318 e. The maximum atomic E-state index is 11.3. The van der Waals surface area contributed by atoms with Crippen molar-refractivity contribution in [1.29, 1.82) is 0 Å². The molecule has 0 spiro atoms. The molecule has 0 bridgehead atoms. The highest BCUT2D eigenvalue weighted by molar-refractivity contribution is 6.05. The highest BCUT2D eigenvalue weighted by atomic mass is 16.6. The molecule has 2 saturated heterocycles. The highest BCUT2D eigenvalue weighted by Gasteiger charge is 2.64. The number of ether oxygens (including phenoxy) is 2. The minimum atomic E-state index is -0.804. The number of hydrogen-bond donors (Lipinski definition) is 0. The van der Waals surface area contributed by atoms with Crippen molar-refractivity contribution >= 4 is 23.9 Å². The Morgan fingerprint density at radius 3 is 1.53 bits per heavy atom. The molecule has 0 aromatic heterocycles. The number of carbonyl (C=O) groups is 4. The summed E-state index contributed by atoms with van der Waals surface area (Å²) in [6.45, 7) is 0. The van der Waals surface area contributed by atoms with Gasteiger partial charge in [-0.15, -0.1) is 0 Å². The van der Waals surface area contributed by atoms with Crippen molar-refractivity contribution in [3.63, 3.8) is 0 Å². The first-order valence-corrected chi connectivity index (χ1v) is 4.60. The van der Waals surface area contributed by atoms with Gasteiger partial charge < -0.3 is 9.47 Å². The van der Waals surface area contributed by atoms with Crippen LogP contribution in [0.2, 0.25) is 0 Å². The molecule has 6 nitrogen and oxygen atoms in total. The predicted molar refractivity (Wildman–Crippen MR) is 40.8 cm³/mol. The first-order valence-electron chi connectivity index (χ1n) is 4.60. The van der Waals surface area contributed by atoms with Crippen molar-refractivity contribution < 1.29 is 28.7 Å². The maximum Gasteiger partial charge on any atom is 0.318 e. The number of esters is 4. The molecule has 0 radical (unpaired) electrons. The van der Waals surface area contributed by atoms with Crippen LogP contribution in [-0.4, -0.2) is 23.9 Å². The van der Waals surface area contributed by atoms with Crippen LogP contribution in [0, 0.1) is 23.7 Å². The van der Waals surface area contributed by atoms with Gasteiger partial charge in [-0.25, -0.2) is 0 Å². The van der Waals surface area contributed by atoms with Gasteiger partial charge in [0.25, 0.3) is 0 Å². The SMILES string of the molecule is O=C1OC(=O)[C@@H]2C[C@H]3C(=O)OC(=O)[C@@H]3[C@@H]12. The lowest BCUT2D eigenvalue weighted by Gasteiger charge is -2.06. The summed E-state index contributed by atoms with van der Waals surface area (Å²) in [5, 5.41) is 0. The standard InChI is InChI=1S/C9H6O6/c10-6-2-1-3-5(4(2)8(12)14-6)9(13)15-7(3)11/h2-5H,1H2/t2-,3-,4+,5+/m1/s1. The Kier molecular flexibility index (Phi) is 1.40. The average molecular weight is 210 g/mol. The zero-order chi connectivity index (χ0) is 10.7. The van der Waals surface area contributed by atoms with E-state index in [4.69, 9.17) is 0 Å². The summed E-state index contributed by atoms with van der Waals surface area (Å²) < 4.78 is 8.85. The van der Waals surface area contributed by atoms with Crippen LogP contribution in [0.5, 0.6) is 0 Å². The summed E-state index contributed by atoms with van der Waals surface area (Å²) in [6, 6.07) is 0. The normalized spacial score (nSPS) is 42.7. The summed E-state index contributed by atoms with van der Waals surface area (Å²) in [5.74, 6) is -5.54. The summed E-state index contributed by atoms with van der Waals surface area (Å²) in [7, 11) is 0. The van der Waals surface area contributed by atoms with E-state index in [1.54, 1.807) is 0 Å².